The van der Waals surface area contributed by atoms with Gasteiger partial charge in [0.05, 0.1) is 6.61 Å². The number of aliphatic imine (C=N–C) groups is 1. The molecule has 0 heterocycles. The first-order valence-corrected chi connectivity index (χ1v) is 10.00. The van der Waals surface area contributed by atoms with Gasteiger partial charge in [0.25, 0.3) is 0 Å². The summed E-state index contributed by atoms with van der Waals surface area (Å²) in [6.45, 7) is 13.3. The lowest BCUT2D eigenvalue weighted by atomic mass is 10.2. The Morgan fingerprint density at radius 2 is 1.70 bits per heavy atom. The van der Waals surface area contributed by atoms with Crippen LogP contribution in [0, 0.1) is 0 Å². The third-order valence-electron chi connectivity index (χ3n) is 4.48. The van der Waals surface area contributed by atoms with Crippen LogP contribution in [0.3, 0.4) is 0 Å². The van der Waals surface area contributed by atoms with Gasteiger partial charge in [0, 0.05) is 58.1 Å². The summed E-state index contributed by atoms with van der Waals surface area (Å²) in [5, 5.41) is 10.1. The summed E-state index contributed by atoms with van der Waals surface area (Å²) in [5.74, 6) is 0.845. The van der Waals surface area contributed by atoms with E-state index in [1.807, 2.05) is 7.05 Å². The number of hydrogen-bond acceptors (Lipinski definition) is 4. The van der Waals surface area contributed by atoms with E-state index < -0.39 is 0 Å². The zero-order valence-corrected chi connectivity index (χ0v) is 18.0. The number of nitrogens with zero attached hydrogens (tertiary/aromatic N) is 2. The Bertz CT molecular complexity index is 520. The molecule has 6 nitrogen and oxygen atoms in total. The molecular weight excluding hydrogens is 338 g/mol. The number of anilines is 1. The van der Waals surface area contributed by atoms with Crippen LogP contribution in [0.25, 0.3) is 0 Å². The van der Waals surface area contributed by atoms with Crippen LogP contribution in [0.1, 0.15) is 39.7 Å². The molecule has 0 aliphatic carbocycles. The molecule has 0 saturated heterocycles. The molecule has 0 atom stereocenters. The smallest absolute Gasteiger partial charge is 0.191 e. The van der Waals surface area contributed by atoms with Crippen LogP contribution >= 0.6 is 0 Å². The van der Waals surface area contributed by atoms with Gasteiger partial charge in [-0.3, -0.25) is 9.89 Å². The minimum atomic E-state index is 0.578. The fourth-order valence-electron chi connectivity index (χ4n) is 3.03. The second-order valence-electron chi connectivity index (χ2n) is 7.25. The van der Waals surface area contributed by atoms with Gasteiger partial charge in [-0.05, 0) is 51.8 Å². The fourth-order valence-corrected chi connectivity index (χ4v) is 3.03. The number of ether oxygens (including phenoxy) is 1. The van der Waals surface area contributed by atoms with E-state index in [2.05, 4.69) is 77.8 Å². The van der Waals surface area contributed by atoms with Crippen molar-refractivity contribution in [3.63, 3.8) is 0 Å². The van der Waals surface area contributed by atoms with Crippen LogP contribution in [0.15, 0.2) is 29.3 Å². The highest BCUT2D eigenvalue weighted by molar-refractivity contribution is 5.79. The Hall–Kier alpha value is -1.79. The Morgan fingerprint density at radius 3 is 2.26 bits per heavy atom. The van der Waals surface area contributed by atoms with Gasteiger partial charge < -0.3 is 20.7 Å². The standard InChI is InChI=1S/C21H39N5O/c1-17(2)26(18(3)4)14-7-12-24-21(22-5)25-16-19-8-10-20(11-9-19)23-13-15-27-6/h8-11,17-18,23H,7,12-16H2,1-6H3,(H2,22,24,25). The largest absolute Gasteiger partial charge is 0.383 e. The summed E-state index contributed by atoms with van der Waals surface area (Å²) in [4.78, 5) is 6.83. The molecule has 0 radical (unpaired) electrons. The third kappa shape index (κ3) is 9.63. The number of benzene rings is 1. The second-order valence-corrected chi connectivity index (χ2v) is 7.25. The molecule has 1 rings (SSSR count). The second kappa shape index (κ2) is 13.4. The topological polar surface area (TPSA) is 60.9 Å². The highest BCUT2D eigenvalue weighted by Crippen LogP contribution is 2.09. The van der Waals surface area contributed by atoms with Crippen LogP contribution in [0.2, 0.25) is 0 Å². The molecule has 0 amide bonds. The molecule has 6 heteroatoms. The van der Waals surface area contributed by atoms with Crippen LogP contribution in [-0.2, 0) is 11.3 Å². The minimum Gasteiger partial charge on any atom is -0.383 e. The molecule has 0 bridgehead atoms. The van der Waals surface area contributed by atoms with E-state index in [1.165, 1.54) is 5.56 Å². The number of rotatable bonds is 12. The van der Waals surface area contributed by atoms with E-state index in [-0.39, 0.29) is 0 Å². The van der Waals surface area contributed by atoms with Crippen molar-refractivity contribution < 1.29 is 4.74 Å². The van der Waals surface area contributed by atoms with Crippen molar-refractivity contribution in [2.45, 2.75) is 52.7 Å². The van der Waals surface area contributed by atoms with Crippen molar-refractivity contribution in [2.24, 2.45) is 4.99 Å². The lowest BCUT2D eigenvalue weighted by Crippen LogP contribution is -2.41. The predicted octanol–water partition coefficient (Wildman–Crippen LogP) is 2.92. The molecule has 0 aliphatic rings. The molecule has 27 heavy (non-hydrogen) atoms. The van der Waals surface area contributed by atoms with E-state index in [9.17, 15) is 0 Å². The quantitative estimate of drug-likeness (QED) is 0.297. The lowest BCUT2D eigenvalue weighted by Gasteiger charge is -2.30. The van der Waals surface area contributed by atoms with Gasteiger partial charge in [0.1, 0.15) is 0 Å². The van der Waals surface area contributed by atoms with E-state index >= 15 is 0 Å². The lowest BCUT2D eigenvalue weighted by molar-refractivity contribution is 0.173. The van der Waals surface area contributed by atoms with Crippen molar-refractivity contribution in [3.05, 3.63) is 29.8 Å². The first-order chi connectivity index (χ1) is 13.0. The average molecular weight is 378 g/mol. The van der Waals surface area contributed by atoms with Crippen LogP contribution in [0.4, 0.5) is 5.69 Å². The zero-order chi connectivity index (χ0) is 20.1. The molecule has 154 valence electrons. The normalized spacial score (nSPS) is 12.1. The summed E-state index contributed by atoms with van der Waals surface area (Å²) >= 11 is 0. The molecule has 3 N–H and O–H groups in total. The van der Waals surface area contributed by atoms with Crippen molar-refractivity contribution in [2.75, 3.05) is 45.7 Å². The number of hydrogen-bond donors (Lipinski definition) is 3. The van der Waals surface area contributed by atoms with Gasteiger partial charge in [-0.1, -0.05) is 12.1 Å². The van der Waals surface area contributed by atoms with Gasteiger partial charge >= 0.3 is 0 Å². The van der Waals surface area contributed by atoms with E-state index in [0.717, 1.165) is 44.2 Å². The molecule has 0 unspecified atom stereocenters. The number of methoxy groups -OCH3 is 1. The minimum absolute atomic E-state index is 0.578. The summed E-state index contributed by atoms with van der Waals surface area (Å²) < 4.78 is 5.05. The Kier molecular flexibility index (Phi) is 11.5. The summed E-state index contributed by atoms with van der Waals surface area (Å²) in [7, 11) is 3.52. The molecule has 0 spiro atoms. The summed E-state index contributed by atoms with van der Waals surface area (Å²) in [5.41, 5.74) is 2.33. The van der Waals surface area contributed by atoms with Gasteiger partial charge in [0.15, 0.2) is 5.96 Å². The number of guanidine groups is 1. The summed E-state index contributed by atoms with van der Waals surface area (Å²) in [6.07, 6.45) is 1.10. The van der Waals surface area contributed by atoms with Gasteiger partial charge in [-0.25, -0.2) is 0 Å². The van der Waals surface area contributed by atoms with Crippen molar-refractivity contribution in [1.82, 2.24) is 15.5 Å². The van der Waals surface area contributed by atoms with Crippen molar-refractivity contribution in [1.29, 1.82) is 0 Å². The van der Waals surface area contributed by atoms with Gasteiger partial charge in [0.2, 0.25) is 0 Å². The Balaban J connectivity index is 2.31. The maximum absolute atomic E-state index is 5.05. The monoisotopic (exact) mass is 377 g/mol. The third-order valence-corrected chi connectivity index (χ3v) is 4.48. The highest BCUT2D eigenvalue weighted by atomic mass is 16.5. The molecular formula is C21H39N5O. The molecule has 0 aliphatic heterocycles. The van der Waals surface area contributed by atoms with Crippen LogP contribution in [-0.4, -0.2) is 63.3 Å². The number of nitrogens with one attached hydrogen (secondary N) is 3. The van der Waals surface area contributed by atoms with Crippen LogP contribution in [0.5, 0.6) is 0 Å². The fraction of sp³-hybridized carbons (Fsp3) is 0.667. The van der Waals surface area contributed by atoms with Gasteiger partial charge in [-0.2, -0.15) is 0 Å². The average Bonchev–Trinajstić information content (AvgIpc) is 2.64. The SMILES string of the molecule is CN=C(NCCCN(C(C)C)C(C)C)NCc1ccc(NCCOC)cc1. The Labute approximate surface area is 165 Å². The van der Waals surface area contributed by atoms with E-state index in [1.54, 1.807) is 7.11 Å². The van der Waals surface area contributed by atoms with E-state index in [4.69, 9.17) is 4.74 Å². The molecule has 0 fully saturated rings. The molecule has 0 aromatic heterocycles. The van der Waals surface area contributed by atoms with Crippen molar-refractivity contribution in [3.8, 4) is 0 Å². The maximum atomic E-state index is 5.05. The van der Waals surface area contributed by atoms with E-state index in [0.29, 0.717) is 18.7 Å². The predicted molar refractivity (Wildman–Crippen MR) is 117 cm³/mol. The van der Waals surface area contributed by atoms with Crippen LogP contribution < -0.4 is 16.0 Å². The maximum Gasteiger partial charge on any atom is 0.191 e. The van der Waals surface area contributed by atoms with Gasteiger partial charge in [-0.15, -0.1) is 0 Å². The molecule has 0 saturated carbocycles. The molecule has 1 aromatic carbocycles. The Morgan fingerprint density at radius 1 is 1.04 bits per heavy atom. The summed E-state index contributed by atoms with van der Waals surface area (Å²) in [6, 6.07) is 9.59. The highest BCUT2D eigenvalue weighted by Gasteiger charge is 2.12. The zero-order valence-electron chi connectivity index (χ0n) is 18.0. The first-order valence-electron chi connectivity index (χ1n) is 10.00. The molecule has 1 aromatic rings. The van der Waals surface area contributed by atoms with Crippen molar-refractivity contribution >= 4 is 11.6 Å². The first kappa shape index (κ1) is 23.2.